The molecule has 3 nitrogen and oxygen atoms in total. The molecule has 0 unspecified atom stereocenters. The number of pyridine rings is 1. The molecule has 0 aliphatic heterocycles. The van der Waals surface area contributed by atoms with Crippen molar-refractivity contribution in [2.75, 3.05) is 5.32 Å². The minimum absolute atomic E-state index is 0.0124. The Bertz CT molecular complexity index is 453. The van der Waals surface area contributed by atoms with Crippen molar-refractivity contribution in [3.8, 4) is 0 Å². The van der Waals surface area contributed by atoms with Gasteiger partial charge in [-0.3, -0.25) is 0 Å². The third-order valence-electron chi connectivity index (χ3n) is 2.92. The predicted molar refractivity (Wildman–Crippen MR) is 82.2 cm³/mol. The van der Waals surface area contributed by atoms with E-state index >= 15 is 0 Å². The summed E-state index contributed by atoms with van der Waals surface area (Å²) in [7, 11) is 0. The molecule has 0 fully saturated rings. The van der Waals surface area contributed by atoms with Gasteiger partial charge in [0.05, 0.1) is 5.56 Å². The number of nitrogens with one attached hydrogen (secondary N) is 1. The first-order valence-electron chi connectivity index (χ1n) is 6.33. The van der Waals surface area contributed by atoms with Gasteiger partial charge in [0.15, 0.2) is 0 Å². The molecule has 0 aliphatic rings. The van der Waals surface area contributed by atoms with Crippen molar-refractivity contribution in [3.63, 3.8) is 0 Å². The Kier molecular flexibility index (Phi) is 4.68. The van der Waals surface area contributed by atoms with Gasteiger partial charge in [0.25, 0.3) is 0 Å². The van der Waals surface area contributed by atoms with Crippen LogP contribution in [-0.2, 0) is 0 Å². The van der Waals surface area contributed by atoms with E-state index in [1.807, 2.05) is 19.9 Å². The van der Waals surface area contributed by atoms with E-state index in [2.05, 4.69) is 31.1 Å². The lowest BCUT2D eigenvalue weighted by Gasteiger charge is -2.28. The van der Waals surface area contributed by atoms with Crippen LogP contribution in [0.1, 0.15) is 50.4 Å². The maximum atomic E-state index is 5.81. The molecule has 1 aromatic heterocycles. The third-order valence-corrected chi connectivity index (χ3v) is 3.13. The predicted octanol–water partition coefficient (Wildman–Crippen LogP) is 3.32. The van der Waals surface area contributed by atoms with Crippen LogP contribution in [0.5, 0.6) is 0 Å². The van der Waals surface area contributed by atoms with Crippen LogP contribution in [0.15, 0.2) is 6.07 Å². The second-order valence-corrected chi connectivity index (χ2v) is 5.87. The highest BCUT2D eigenvalue weighted by Crippen LogP contribution is 2.24. The Hall–Kier alpha value is -1.16. The molecule has 4 heteroatoms. The summed E-state index contributed by atoms with van der Waals surface area (Å²) in [4.78, 5) is 4.94. The summed E-state index contributed by atoms with van der Waals surface area (Å²) in [5.41, 5.74) is 8.71. The number of thiocarbonyl (C=S) groups is 1. The van der Waals surface area contributed by atoms with Gasteiger partial charge >= 0.3 is 0 Å². The number of nitrogens with two attached hydrogens (primary N) is 1. The van der Waals surface area contributed by atoms with Crippen molar-refractivity contribution in [1.82, 2.24) is 4.98 Å². The normalized spacial score (nSPS) is 11.4. The molecule has 1 heterocycles. The molecule has 0 aromatic carbocycles. The van der Waals surface area contributed by atoms with Gasteiger partial charge in [0.2, 0.25) is 0 Å². The Morgan fingerprint density at radius 2 is 2.06 bits per heavy atom. The summed E-state index contributed by atoms with van der Waals surface area (Å²) in [6.45, 7) is 10.5. The van der Waals surface area contributed by atoms with Gasteiger partial charge in [0.1, 0.15) is 10.8 Å². The third kappa shape index (κ3) is 3.67. The summed E-state index contributed by atoms with van der Waals surface area (Å²) in [6.07, 6.45) is 2.19. The smallest absolute Gasteiger partial charge is 0.137 e. The summed E-state index contributed by atoms with van der Waals surface area (Å²) >= 11 is 5.13. The van der Waals surface area contributed by atoms with Crippen LogP contribution in [0.2, 0.25) is 0 Å². The van der Waals surface area contributed by atoms with Crippen LogP contribution >= 0.6 is 12.2 Å². The molecule has 0 saturated carbocycles. The average molecular weight is 265 g/mol. The van der Waals surface area contributed by atoms with E-state index in [-0.39, 0.29) is 5.54 Å². The maximum absolute atomic E-state index is 5.81. The first kappa shape index (κ1) is 14.9. The van der Waals surface area contributed by atoms with Gasteiger partial charge in [-0.1, -0.05) is 25.6 Å². The zero-order valence-corrected chi connectivity index (χ0v) is 12.7. The highest BCUT2D eigenvalue weighted by Gasteiger charge is 2.20. The minimum Gasteiger partial charge on any atom is -0.389 e. The molecular formula is C14H23N3S. The van der Waals surface area contributed by atoms with Crippen LogP contribution in [0.3, 0.4) is 0 Å². The number of anilines is 1. The molecular weight excluding hydrogens is 242 g/mol. The van der Waals surface area contributed by atoms with Crippen molar-refractivity contribution >= 4 is 23.0 Å². The van der Waals surface area contributed by atoms with E-state index in [0.717, 1.165) is 35.5 Å². The molecule has 1 rings (SSSR count). The summed E-state index contributed by atoms with van der Waals surface area (Å²) in [5, 5.41) is 3.47. The number of aromatic nitrogens is 1. The fraction of sp³-hybridized carbons (Fsp3) is 0.571. The van der Waals surface area contributed by atoms with Crippen LogP contribution in [0.25, 0.3) is 0 Å². The van der Waals surface area contributed by atoms with E-state index in [4.69, 9.17) is 18.0 Å². The zero-order chi connectivity index (χ0) is 13.9. The number of aryl methyl sites for hydroxylation is 2. The molecule has 1 aromatic rings. The average Bonchev–Trinajstić information content (AvgIpc) is 2.13. The van der Waals surface area contributed by atoms with Crippen LogP contribution in [0.4, 0.5) is 5.82 Å². The number of nitrogens with zero attached hydrogens (tertiary/aromatic N) is 1. The molecule has 0 spiro atoms. The molecule has 18 heavy (non-hydrogen) atoms. The van der Waals surface area contributed by atoms with Crippen molar-refractivity contribution in [1.29, 1.82) is 0 Å². The van der Waals surface area contributed by atoms with Crippen LogP contribution < -0.4 is 11.1 Å². The van der Waals surface area contributed by atoms with Crippen molar-refractivity contribution in [3.05, 3.63) is 22.9 Å². The Labute approximate surface area is 115 Å². The van der Waals surface area contributed by atoms with Crippen LogP contribution in [-0.4, -0.2) is 15.5 Å². The number of hydrogen-bond acceptors (Lipinski definition) is 3. The van der Waals surface area contributed by atoms with Gasteiger partial charge in [-0.2, -0.15) is 0 Å². The Morgan fingerprint density at radius 3 is 2.56 bits per heavy atom. The molecule has 0 atom stereocenters. The molecule has 0 radical (unpaired) electrons. The van der Waals surface area contributed by atoms with E-state index in [0.29, 0.717) is 4.99 Å². The van der Waals surface area contributed by atoms with E-state index in [1.165, 1.54) is 0 Å². The lowest BCUT2D eigenvalue weighted by Crippen LogP contribution is -2.32. The largest absolute Gasteiger partial charge is 0.389 e. The molecule has 0 amide bonds. The maximum Gasteiger partial charge on any atom is 0.137 e. The second-order valence-electron chi connectivity index (χ2n) is 5.43. The van der Waals surface area contributed by atoms with Gasteiger partial charge in [-0.15, -0.1) is 0 Å². The highest BCUT2D eigenvalue weighted by atomic mass is 32.1. The van der Waals surface area contributed by atoms with Crippen molar-refractivity contribution in [2.24, 2.45) is 5.73 Å². The van der Waals surface area contributed by atoms with Crippen molar-refractivity contribution in [2.45, 2.75) is 53.0 Å². The first-order chi connectivity index (χ1) is 8.26. The molecule has 0 aliphatic carbocycles. The minimum atomic E-state index is -0.0124. The summed E-state index contributed by atoms with van der Waals surface area (Å²) in [6, 6.07) is 2.01. The molecule has 0 saturated heterocycles. The lowest BCUT2D eigenvalue weighted by molar-refractivity contribution is 0.509. The number of rotatable bonds is 5. The standard InChI is InChI=1S/C14H23N3S/c1-6-7-14(4,5)17-13-11(12(15)18)9(2)8-10(3)16-13/h8H,6-7H2,1-5H3,(H2,15,18)(H,16,17). The fourth-order valence-corrected chi connectivity index (χ4v) is 2.50. The second kappa shape index (κ2) is 5.65. The van der Waals surface area contributed by atoms with E-state index < -0.39 is 0 Å². The highest BCUT2D eigenvalue weighted by molar-refractivity contribution is 7.80. The Balaban J connectivity index is 3.19. The zero-order valence-electron chi connectivity index (χ0n) is 11.9. The van der Waals surface area contributed by atoms with E-state index in [1.54, 1.807) is 0 Å². The number of hydrogen-bond donors (Lipinski definition) is 2. The van der Waals surface area contributed by atoms with Crippen LogP contribution in [0, 0.1) is 13.8 Å². The molecule has 3 N–H and O–H groups in total. The lowest BCUT2D eigenvalue weighted by atomic mass is 9.98. The fourth-order valence-electron chi connectivity index (χ4n) is 2.25. The van der Waals surface area contributed by atoms with E-state index in [9.17, 15) is 0 Å². The SMILES string of the molecule is CCCC(C)(C)Nc1nc(C)cc(C)c1C(N)=S. The molecule has 100 valence electrons. The van der Waals surface area contributed by atoms with Crippen molar-refractivity contribution < 1.29 is 0 Å². The van der Waals surface area contributed by atoms with Gasteiger partial charge in [-0.05, 0) is 45.7 Å². The molecule has 0 bridgehead atoms. The topological polar surface area (TPSA) is 50.9 Å². The van der Waals surface area contributed by atoms with Gasteiger partial charge in [-0.25, -0.2) is 4.98 Å². The summed E-state index contributed by atoms with van der Waals surface area (Å²) in [5.74, 6) is 0.804. The Morgan fingerprint density at radius 1 is 1.44 bits per heavy atom. The first-order valence-corrected chi connectivity index (χ1v) is 6.74. The van der Waals surface area contributed by atoms with Gasteiger partial charge < -0.3 is 11.1 Å². The quantitative estimate of drug-likeness (QED) is 0.802. The monoisotopic (exact) mass is 265 g/mol. The van der Waals surface area contributed by atoms with Gasteiger partial charge in [0, 0.05) is 11.2 Å². The summed E-state index contributed by atoms with van der Waals surface area (Å²) < 4.78 is 0.